The van der Waals surface area contributed by atoms with E-state index in [-0.39, 0.29) is 12.5 Å². The van der Waals surface area contributed by atoms with Gasteiger partial charge in [-0.15, -0.1) is 0 Å². The van der Waals surface area contributed by atoms with Gasteiger partial charge in [-0.25, -0.2) is 5.43 Å². The van der Waals surface area contributed by atoms with Gasteiger partial charge in [0.25, 0.3) is 5.91 Å². The molecular formula is C19H22N2O2. The molecule has 120 valence electrons. The van der Waals surface area contributed by atoms with Crippen molar-refractivity contribution in [2.45, 2.75) is 32.6 Å². The van der Waals surface area contributed by atoms with E-state index in [1.807, 2.05) is 42.5 Å². The molecule has 1 N–H and O–H groups in total. The molecule has 1 unspecified atom stereocenters. The average molecular weight is 310 g/mol. The molecule has 2 aromatic carbocycles. The van der Waals surface area contributed by atoms with Crippen LogP contribution in [-0.2, 0) is 4.79 Å². The number of nitrogens with one attached hydrogen (secondary N) is 1. The van der Waals surface area contributed by atoms with Crippen molar-refractivity contribution < 1.29 is 9.53 Å². The lowest BCUT2D eigenvalue weighted by atomic mass is 9.89. The Morgan fingerprint density at radius 1 is 1.26 bits per heavy atom. The minimum Gasteiger partial charge on any atom is -0.483 e. The largest absolute Gasteiger partial charge is 0.483 e. The topological polar surface area (TPSA) is 50.7 Å². The van der Waals surface area contributed by atoms with E-state index in [0.29, 0.717) is 5.92 Å². The van der Waals surface area contributed by atoms with E-state index in [2.05, 4.69) is 17.5 Å². The summed E-state index contributed by atoms with van der Waals surface area (Å²) in [5, 5.41) is 6.35. The Kier molecular flexibility index (Phi) is 4.91. The van der Waals surface area contributed by atoms with Crippen LogP contribution in [0.4, 0.5) is 0 Å². The molecule has 1 amide bonds. The van der Waals surface area contributed by atoms with E-state index >= 15 is 0 Å². The molecule has 1 aliphatic carbocycles. The van der Waals surface area contributed by atoms with Crippen LogP contribution in [-0.4, -0.2) is 18.2 Å². The normalized spacial score (nSPS) is 19.7. The maximum atomic E-state index is 11.9. The van der Waals surface area contributed by atoms with Crippen LogP contribution in [0.2, 0.25) is 0 Å². The number of carbonyl (C=O) groups excluding carboxylic acids is 1. The fraction of sp³-hybridized carbons (Fsp3) is 0.368. The summed E-state index contributed by atoms with van der Waals surface area (Å²) in [7, 11) is 0. The van der Waals surface area contributed by atoms with Gasteiger partial charge in [0.1, 0.15) is 5.75 Å². The van der Waals surface area contributed by atoms with Crippen molar-refractivity contribution >= 4 is 22.4 Å². The first-order chi connectivity index (χ1) is 11.2. The number of fused-ring (bicyclic) bond motifs is 1. The molecule has 0 saturated heterocycles. The second-order valence-corrected chi connectivity index (χ2v) is 6.18. The zero-order chi connectivity index (χ0) is 16.1. The zero-order valence-electron chi connectivity index (χ0n) is 13.4. The first-order valence-electron chi connectivity index (χ1n) is 8.17. The summed E-state index contributed by atoms with van der Waals surface area (Å²) in [6.07, 6.45) is 4.36. The Hall–Kier alpha value is -2.36. The zero-order valence-corrected chi connectivity index (χ0v) is 13.4. The molecule has 1 atom stereocenters. The third-order valence-electron chi connectivity index (χ3n) is 4.19. The fourth-order valence-electron chi connectivity index (χ4n) is 3.00. The van der Waals surface area contributed by atoms with Crippen molar-refractivity contribution in [2.75, 3.05) is 6.61 Å². The van der Waals surface area contributed by atoms with E-state index in [4.69, 9.17) is 4.74 Å². The molecule has 0 spiro atoms. The number of hydrazone groups is 1. The van der Waals surface area contributed by atoms with Gasteiger partial charge in [0, 0.05) is 11.1 Å². The molecule has 2 aromatic rings. The number of hydrogen-bond donors (Lipinski definition) is 1. The van der Waals surface area contributed by atoms with Crippen LogP contribution in [0.15, 0.2) is 47.6 Å². The smallest absolute Gasteiger partial charge is 0.277 e. The maximum absolute atomic E-state index is 11.9. The van der Waals surface area contributed by atoms with Gasteiger partial charge in [-0.1, -0.05) is 43.3 Å². The first kappa shape index (κ1) is 15.5. The molecule has 23 heavy (non-hydrogen) atoms. The second-order valence-electron chi connectivity index (χ2n) is 6.18. The predicted octanol–water partition coefficient (Wildman–Crippen LogP) is 3.90. The molecule has 0 radical (unpaired) electrons. The van der Waals surface area contributed by atoms with Crippen LogP contribution >= 0.6 is 0 Å². The van der Waals surface area contributed by atoms with Gasteiger partial charge in [-0.3, -0.25) is 4.79 Å². The molecule has 0 aromatic heterocycles. The van der Waals surface area contributed by atoms with Crippen LogP contribution < -0.4 is 10.2 Å². The second kappa shape index (κ2) is 7.27. The van der Waals surface area contributed by atoms with E-state index < -0.39 is 0 Å². The quantitative estimate of drug-likeness (QED) is 0.871. The van der Waals surface area contributed by atoms with Crippen molar-refractivity contribution in [2.24, 2.45) is 11.0 Å². The molecule has 0 heterocycles. The highest BCUT2D eigenvalue weighted by molar-refractivity contribution is 5.89. The van der Waals surface area contributed by atoms with E-state index in [1.165, 1.54) is 6.42 Å². The third-order valence-corrected chi connectivity index (χ3v) is 4.19. The van der Waals surface area contributed by atoms with Crippen LogP contribution in [0.1, 0.15) is 32.6 Å². The van der Waals surface area contributed by atoms with Crippen molar-refractivity contribution in [3.05, 3.63) is 42.5 Å². The van der Waals surface area contributed by atoms with E-state index in [1.54, 1.807) is 0 Å². The van der Waals surface area contributed by atoms with Gasteiger partial charge in [-0.05, 0) is 43.1 Å². The number of amides is 1. The van der Waals surface area contributed by atoms with Crippen LogP contribution in [0, 0.1) is 5.92 Å². The standard InChI is InChI=1S/C19H22N2O2/c1-14-6-4-9-16(12-14)20-21-19(22)13-23-18-11-5-8-15-7-2-3-10-17(15)18/h2-3,5,7-8,10-11,14H,4,6,9,12-13H2,1H3,(H,21,22)/b20-16+. The number of carbonyl (C=O) groups is 1. The minimum absolute atomic E-state index is 0.0274. The van der Waals surface area contributed by atoms with Crippen molar-refractivity contribution in [3.8, 4) is 5.75 Å². The van der Waals surface area contributed by atoms with Gasteiger partial charge >= 0.3 is 0 Å². The maximum Gasteiger partial charge on any atom is 0.277 e. The van der Waals surface area contributed by atoms with Gasteiger partial charge in [0.15, 0.2) is 6.61 Å². The Morgan fingerprint density at radius 3 is 2.96 bits per heavy atom. The summed E-state index contributed by atoms with van der Waals surface area (Å²) in [6.45, 7) is 2.19. The molecule has 4 nitrogen and oxygen atoms in total. The predicted molar refractivity (Wildman–Crippen MR) is 92.7 cm³/mol. The van der Waals surface area contributed by atoms with Crippen LogP contribution in [0.3, 0.4) is 0 Å². The van der Waals surface area contributed by atoms with Crippen molar-refractivity contribution in [1.82, 2.24) is 5.43 Å². The number of ether oxygens (including phenoxy) is 1. The SMILES string of the molecule is CC1CCC/C(=N\NC(=O)COc2cccc3ccccc23)C1. The molecule has 1 aliphatic rings. The lowest BCUT2D eigenvalue weighted by Gasteiger charge is -2.18. The lowest BCUT2D eigenvalue weighted by Crippen LogP contribution is -2.27. The highest BCUT2D eigenvalue weighted by Crippen LogP contribution is 2.25. The summed E-state index contributed by atoms with van der Waals surface area (Å²) in [5.41, 5.74) is 3.70. The lowest BCUT2D eigenvalue weighted by molar-refractivity contribution is -0.123. The number of benzene rings is 2. The van der Waals surface area contributed by atoms with Crippen LogP contribution in [0.5, 0.6) is 5.75 Å². The van der Waals surface area contributed by atoms with E-state index in [0.717, 1.165) is 41.5 Å². The summed E-state index contributed by atoms with van der Waals surface area (Å²) in [6, 6.07) is 13.8. The van der Waals surface area contributed by atoms with Crippen LogP contribution in [0.25, 0.3) is 10.8 Å². The molecule has 0 aliphatic heterocycles. The molecular weight excluding hydrogens is 288 g/mol. The highest BCUT2D eigenvalue weighted by Gasteiger charge is 2.14. The molecule has 3 rings (SSSR count). The van der Waals surface area contributed by atoms with Crippen molar-refractivity contribution in [1.29, 1.82) is 0 Å². The molecule has 1 fully saturated rings. The average Bonchev–Trinajstić information content (AvgIpc) is 2.58. The van der Waals surface area contributed by atoms with Gasteiger partial charge in [0.2, 0.25) is 0 Å². The summed E-state index contributed by atoms with van der Waals surface area (Å²) >= 11 is 0. The van der Waals surface area contributed by atoms with Gasteiger partial charge < -0.3 is 4.74 Å². The Bertz CT molecular complexity index is 719. The third kappa shape index (κ3) is 4.09. The highest BCUT2D eigenvalue weighted by atomic mass is 16.5. The summed E-state index contributed by atoms with van der Waals surface area (Å²) in [4.78, 5) is 11.9. The Labute approximate surface area is 136 Å². The molecule has 4 heteroatoms. The fourth-order valence-corrected chi connectivity index (χ4v) is 3.00. The number of nitrogens with zero attached hydrogens (tertiary/aromatic N) is 1. The Balaban J connectivity index is 1.57. The number of rotatable bonds is 4. The van der Waals surface area contributed by atoms with Gasteiger partial charge in [-0.2, -0.15) is 5.10 Å². The minimum atomic E-state index is -0.219. The molecule has 0 bridgehead atoms. The summed E-state index contributed by atoms with van der Waals surface area (Å²) < 4.78 is 5.66. The van der Waals surface area contributed by atoms with Gasteiger partial charge in [0.05, 0.1) is 0 Å². The van der Waals surface area contributed by atoms with E-state index in [9.17, 15) is 4.79 Å². The van der Waals surface area contributed by atoms with Crippen molar-refractivity contribution in [3.63, 3.8) is 0 Å². The number of hydrogen-bond acceptors (Lipinski definition) is 3. The Morgan fingerprint density at radius 2 is 2.09 bits per heavy atom. The molecule has 1 saturated carbocycles. The monoisotopic (exact) mass is 310 g/mol. The first-order valence-corrected chi connectivity index (χ1v) is 8.17. The summed E-state index contributed by atoms with van der Waals surface area (Å²) in [5.74, 6) is 1.16.